The molecule has 0 aliphatic carbocycles. The molecule has 0 N–H and O–H groups in total. The number of hydrogen-bond donors (Lipinski definition) is 0. The zero-order chi connectivity index (χ0) is 16.6. The number of para-hydroxylation sites is 1. The number of nitrogens with zero attached hydrogens (tertiary/aromatic N) is 3. The summed E-state index contributed by atoms with van der Waals surface area (Å²) < 4.78 is 11.0. The molecule has 3 heterocycles. The van der Waals surface area contributed by atoms with Crippen LogP contribution in [0.4, 0.5) is 11.5 Å². The first kappa shape index (κ1) is 14.4. The standard InChI is InChI=1S/C20H19N3O2/c1-2-4-16(5-3-1)22-8-10-23(11-9-22)20-17-13-19-18(24-14-25-19)12-15(17)6-7-21-20/h1-7,12-13H,8-11,14H2. The Hall–Kier alpha value is -2.95. The second-order valence-electron chi connectivity index (χ2n) is 6.37. The first-order valence-corrected chi connectivity index (χ1v) is 8.62. The van der Waals surface area contributed by atoms with Crippen molar-refractivity contribution < 1.29 is 9.47 Å². The lowest BCUT2D eigenvalue weighted by atomic mass is 10.1. The molecule has 0 spiro atoms. The van der Waals surface area contributed by atoms with Crippen molar-refractivity contribution in [2.75, 3.05) is 42.8 Å². The van der Waals surface area contributed by atoms with Crippen LogP contribution in [0.1, 0.15) is 0 Å². The van der Waals surface area contributed by atoms with E-state index in [2.05, 4.69) is 51.2 Å². The average molecular weight is 333 g/mol. The summed E-state index contributed by atoms with van der Waals surface area (Å²) in [7, 11) is 0. The van der Waals surface area contributed by atoms with Crippen molar-refractivity contribution in [2.24, 2.45) is 0 Å². The van der Waals surface area contributed by atoms with Gasteiger partial charge in [0.2, 0.25) is 6.79 Å². The highest BCUT2D eigenvalue weighted by Crippen LogP contribution is 2.38. The Morgan fingerprint density at radius 1 is 0.800 bits per heavy atom. The van der Waals surface area contributed by atoms with Crippen LogP contribution in [0.3, 0.4) is 0 Å². The summed E-state index contributed by atoms with van der Waals surface area (Å²) in [5.74, 6) is 2.66. The molecule has 0 unspecified atom stereocenters. The minimum absolute atomic E-state index is 0.296. The monoisotopic (exact) mass is 333 g/mol. The molecule has 0 bridgehead atoms. The maximum Gasteiger partial charge on any atom is 0.231 e. The van der Waals surface area contributed by atoms with Gasteiger partial charge in [0.25, 0.3) is 0 Å². The molecule has 0 radical (unpaired) electrons. The number of ether oxygens (including phenoxy) is 2. The highest BCUT2D eigenvalue weighted by Gasteiger charge is 2.22. The van der Waals surface area contributed by atoms with Crippen molar-refractivity contribution in [1.82, 2.24) is 4.98 Å². The van der Waals surface area contributed by atoms with E-state index in [1.807, 2.05) is 18.3 Å². The minimum atomic E-state index is 0.296. The number of piperazine rings is 1. The van der Waals surface area contributed by atoms with E-state index in [4.69, 9.17) is 9.47 Å². The molecule has 0 amide bonds. The molecule has 1 fully saturated rings. The summed E-state index contributed by atoms with van der Waals surface area (Å²) in [5, 5.41) is 2.26. The van der Waals surface area contributed by atoms with E-state index in [1.54, 1.807) is 0 Å². The smallest absolute Gasteiger partial charge is 0.231 e. The van der Waals surface area contributed by atoms with Crippen LogP contribution in [0.5, 0.6) is 11.5 Å². The molecular weight excluding hydrogens is 314 g/mol. The SMILES string of the molecule is c1ccc(N2CCN(c3nccc4cc5c(cc34)OCO5)CC2)cc1. The van der Waals surface area contributed by atoms with Gasteiger partial charge in [-0.3, -0.25) is 0 Å². The summed E-state index contributed by atoms with van der Waals surface area (Å²) in [4.78, 5) is 9.46. The van der Waals surface area contributed by atoms with E-state index >= 15 is 0 Å². The van der Waals surface area contributed by atoms with Gasteiger partial charge in [-0.25, -0.2) is 4.98 Å². The molecule has 5 heteroatoms. The molecular formula is C20H19N3O2. The third-order valence-electron chi connectivity index (χ3n) is 4.94. The van der Waals surface area contributed by atoms with Crippen LogP contribution in [-0.2, 0) is 0 Å². The van der Waals surface area contributed by atoms with Crippen molar-refractivity contribution in [2.45, 2.75) is 0 Å². The van der Waals surface area contributed by atoms with Gasteiger partial charge in [-0.15, -0.1) is 0 Å². The molecule has 3 aromatic rings. The van der Waals surface area contributed by atoms with E-state index in [-0.39, 0.29) is 0 Å². The van der Waals surface area contributed by atoms with E-state index in [9.17, 15) is 0 Å². The lowest BCUT2D eigenvalue weighted by molar-refractivity contribution is 0.174. The Morgan fingerprint density at radius 2 is 1.52 bits per heavy atom. The second-order valence-corrected chi connectivity index (χ2v) is 6.37. The molecule has 126 valence electrons. The summed E-state index contributed by atoms with van der Waals surface area (Å²) in [6, 6.07) is 16.7. The largest absolute Gasteiger partial charge is 0.454 e. The highest BCUT2D eigenvalue weighted by atomic mass is 16.7. The number of rotatable bonds is 2. The summed E-state index contributed by atoms with van der Waals surface area (Å²) in [6.45, 7) is 4.19. The average Bonchev–Trinajstić information content (AvgIpc) is 3.14. The molecule has 0 atom stereocenters. The molecule has 1 saturated heterocycles. The summed E-state index contributed by atoms with van der Waals surface area (Å²) >= 11 is 0. The zero-order valence-corrected chi connectivity index (χ0v) is 13.9. The van der Waals surface area contributed by atoms with Gasteiger partial charge in [0, 0.05) is 43.4 Å². The van der Waals surface area contributed by atoms with Crippen LogP contribution in [0.25, 0.3) is 10.8 Å². The van der Waals surface area contributed by atoms with Crippen molar-refractivity contribution in [3.05, 3.63) is 54.7 Å². The van der Waals surface area contributed by atoms with Crippen LogP contribution >= 0.6 is 0 Å². The van der Waals surface area contributed by atoms with Gasteiger partial charge in [-0.1, -0.05) is 18.2 Å². The first-order chi connectivity index (χ1) is 12.4. The Labute approximate surface area is 146 Å². The number of fused-ring (bicyclic) bond motifs is 2. The lowest BCUT2D eigenvalue weighted by Crippen LogP contribution is -2.46. The topological polar surface area (TPSA) is 37.8 Å². The Kier molecular flexibility index (Phi) is 3.37. The molecule has 2 aromatic carbocycles. The Bertz CT molecular complexity index is 905. The molecule has 2 aliphatic rings. The lowest BCUT2D eigenvalue weighted by Gasteiger charge is -2.37. The molecule has 0 saturated carbocycles. The van der Waals surface area contributed by atoms with Crippen LogP contribution in [0.2, 0.25) is 0 Å². The van der Waals surface area contributed by atoms with Crippen LogP contribution in [0, 0.1) is 0 Å². The predicted octanol–water partition coefficient (Wildman–Crippen LogP) is 3.29. The third-order valence-corrected chi connectivity index (χ3v) is 4.94. The Balaban J connectivity index is 1.43. The molecule has 2 aliphatic heterocycles. The number of anilines is 2. The highest BCUT2D eigenvalue weighted by molar-refractivity contribution is 5.94. The van der Waals surface area contributed by atoms with Gasteiger partial charge in [-0.2, -0.15) is 0 Å². The second kappa shape index (κ2) is 5.84. The fourth-order valence-electron chi connectivity index (χ4n) is 3.61. The van der Waals surface area contributed by atoms with Crippen molar-refractivity contribution >= 4 is 22.3 Å². The van der Waals surface area contributed by atoms with Gasteiger partial charge in [0.1, 0.15) is 5.82 Å². The maximum absolute atomic E-state index is 5.55. The third kappa shape index (κ3) is 2.52. The minimum Gasteiger partial charge on any atom is -0.454 e. The summed E-state index contributed by atoms with van der Waals surface area (Å²) in [6.07, 6.45) is 1.88. The van der Waals surface area contributed by atoms with Gasteiger partial charge in [0.05, 0.1) is 0 Å². The van der Waals surface area contributed by atoms with Gasteiger partial charge in [0.15, 0.2) is 11.5 Å². The van der Waals surface area contributed by atoms with E-state index < -0.39 is 0 Å². The quantitative estimate of drug-likeness (QED) is 0.719. The van der Waals surface area contributed by atoms with Gasteiger partial charge in [-0.05, 0) is 35.7 Å². The molecule has 1 aromatic heterocycles. The zero-order valence-electron chi connectivity index (χ0n) is 13.9. The Morgan fingerprint density at radius 3 is 2.32 bits per heavy atom. The first-order valence-electron chi connectivity index (χ1n) is 8.62. The van der Waals surface area contributed by atoms with Crippen LogP contribution in [-0.4, -0.2) is 38.0 Å². The molecule has 5 rings (SSSR count). The van der Waals surface area contributed by atoms with Crippen molar-refractivity contribution in [1.29, 1.82) is 0 Å². The normalized spacial score (nSPS) is 16.5. The van der Waals surface area contributed by atoms with Gasteiger partial charge < -0.3 is 19.3 Å². The predicted molar refractivity (Wildman–Crippen MR) is 98.7 cm³/mol. The summed E-state index contributed by atoms with van der Waals surface area (Å²) in [5.41, 5.74) is 1.29. The number of benzene rings is 2. The number of pyridine rings is 1. The van der Waals surface area contributed by atoms with Crippen LogP contribution < -0.4 is 19.3 Å². The van der Waals surface area contributed by atoms with E-state index in [0.717, 1.165) is 54.3 Å². The fourth-order valence-corrected chi connectivity index (χ4v) is 3.61. The number of hydrogen-bond acceptors (Lipinski definition) is 5. The molecule has 25 heavy (non-hydrogen) atoms. The van der Waals surface area contributed by atoms with Crippen molar-refractivity contribution in [3.63, 3.8) is 0 Å². The van der Waals surface area contributed by atoms with E-state index in [0.29, 0.717) is 6.79 Å². The van der Waals surface area contributed by atoms with E-state index in [1.165, 1.54) is 5.69 Å². The number of aromatic nitrogens is 1. The van der Waals surface area contributed by atoms with Crippen LogP contribution in [0.15, 0.2) is 54.7 Å². The van der Waals surface area contributed by atoms with Gasteiger partial charge >= 0.3 is 0 Å². The molecule has 5 nitrogen and oxygen atoms in total. The van der Waals surface area contributed by atoms with Crippen molar-refractivity contribution in [3.8, 4) is 11.5 Å². The fraction of sp³-hybridized carbons (Fsp3) is 0.250. The maximum atomic E-state index is 5.55.